The monoisotopic (exact) mass is 574 g/mol. The van der Waals surface area contributed by atoms with Crippen molar-refractivity contribution in [2.24, 2.45) is 0 Å². The Morgan fingerprint density at radius 3 is 1.47 bits per heavy atom. The van der Waals surface area contributed by atoms with E-state index in [0.717, 1.165) is 0 Å². The SMILES string of the molecule is CC(C)(c1no[n+]([O-])c1C(C)(C)[C@H](CC(=O)O)O[Si](C)(C)C(C)(C)C)[C@H](CC(=O)O)O[Si](C)(C)C(C)(C)C. The molecular weight excluding hydrogens is 524 g/mol. The summed E-state index contributed by atoms with van der Waals surface area (Å²) in [7, 11) is -4.89. The Hall–Kier alpha value is -1.77. The standard InChI is InChI=1S/C26H50N2O8Si2/c1-23(2,3)37(11,12)34-17(15-19(29)30)25(7,8)21-22(28(33)36-27-21)26(9,10)18(16-20(31)32)35-38(13,14)24(4,5)6/h17-18H,15-16H2,1-14H3,(H,29,30)(H,31,32)/t17-,18-/m0/s1. The Bertz CT molecular complexity index is 1000. The topological polar surface area (TPSA) is 146 Å². The molecule has 1 aromatic heterocycles. The lowest BCUT2D eigenvalue weighted by atomic mass is 9.73. The zero-order valence-electron chi connectivity index (χ0n) is 25.8. The van der Waals surface area contributed by atoms with Gasteiger partial charge in [0.25, 0.3) is 0 Å². The predicted molar refractivity (Wildman–Crippen MR) is 150 cm³/mol. The first-order valence-electron chi connectivity index (χ1n) is 13.1. The second-order valence-corrected chi connectivity index (χ2v) is 24.0. The number of carbonyl (C=O) groups is 2. The number of rotatable bonds is 12. The maximum atomic E-state index is 13.1. The third-order valence-electron chi connectivity index (χ3n) is 8.65. The summed E-state index contributed by atoms with van der Waals surface area (Å²) in [6.45, 7) is 27.5. The van der Waals surface area contributed by atoms with Gasteiger partial charge in [0.15, 0.2) is 16.6 Å². The van der Waals surface area contributed by atoms with Crippen LogP contribution >= 0.6 is 0 Å². The lowest BCUT2D eigenvalue weighted by Gasteiger charge is -2.44. The Morgan fingerprint density at radius 1 is 0.816 bits per heavy atom. The van der Waals surface area contributed by atoms with Crippen molar-refractivity contribution < 1.29 is 38.2 Å². The molecule has 220 valence electrons. The van der Waals surface area contributed by atoms with Crippen molar-refractivity contribution in [2.75, 3.05) is 0 Å². The first-order valence-corrected chi connectivity index (χ1v) is 18.9. The van der Waals surface area contributed by atoms with E-state index in [2.05, 4.69) is 46.7 Å². The summed E-state index contributed by atoms with van der Waals surface area (Å²) >= 11 is 0. The smallest absolute Gasteiger partial charge is 0.305 e. The van der Waals surface area contributed by atoms with Gasteiger partial charge in [-0.15, -0.1) is 0 Å². The average Bonchev–Trinajstić information content (AvgIpc) is 3.07. The zero-order valence-corrected chi connectivity index (χ0v) is 27.8. The first-order chi connectivity index (χ1) is 16.7. The molecule has 2 atom stereocenters. The molecule has 10 nitrogen and oxygen atoms in total. The predicted octanol–water partition coefficient (Wildman–Crippen LogP) is 5.59. The van der Waals surface area contributed by atoms with E-state index in [0.29, 0.717) is 4.90 Å². The fourth-order valence-corrected chi connectivity index (χ4v) is 6.67. The van der Waals surface area contributed by atoms with Crippen LogP contribution in [0.2, 0.25) is 36.3 Å². The third-order valence-corrected chi connectivity index (χ3v) is 17.6. The van der Waals surface area contributed by atoms with Crippen molar-refractivity contribution in [2.45, 2.75) is 141 Å². The molecule has 0 aliphatic carbocycles. The molecule has 2 N–H and O–H groups in total. The van der Waals surface area contributed by atoms with Crippen LogP contribution in [0.15, 0.2) is 4.63 Å². The largest absolute Gasteiger partial charge is 0.481 e. The van der Waals surface area contributed by atoms with E-state index < -0.39 is 51.6 Å². The highest BCUT2D eigenvalue weighted by atomic mass is 28.4. The molecule has 0 unspecified atom stereocenters. The van der Waals surface area contributed by atoms with Crippen molar-refractivity contribution in [1.29, 1.82) is 0 Å². The van der Waals surface area contributed by atoms with Gasteiger partial charge in [0.1, 0.15) is 0 Å². The molecular formula is C26H50N2O8Si2. The molecule has 0 radical (unpaired) electrons. The minimum absolute atomic E-state index is 0.113. The normalized spacial score (nSPS) is 15.8. The molecule has 38 heavy (non-hydrogen) atoms. The lowest BCUT2D eigenvalue weighted by molar-refractivity contribution is -0.810. The van der Waals surface area contributed by atoms with Gasteiger partial charge in [-0.25, -0.2) is 0 Å². The van der Waals surface area contributed by atoms with Crippen LogP contribution in [0, 0.1) is 5.21 Å². The third kappa shape index (κ3) is 7.45. The van der Waals surface area contributed by atoms with Crippen LogP contribution in [-0.2, 0) is 29.3 Å². The van der Waals surface area contributed by atoms with Gasteiger partial charge in [0.05, 0.1) is 35.9 Å². The summed E-state index contributed by atoms with van der Waals surface area (Å²) in [6, 6.07) is 0. The van der Waals surface area contributed by atoms with Gasteiger partial charge >= 0.3 is 11.9 Å². The minimum atomic E-state index is -2.46. The van der Waals surface area contributed by atoms with Gasteiger partial charge in [-0.1, -0.05) is 41.5 Å². The van der Waals surface area contributed by atoms with Crippen LogP contribution in [0.5, 0.6) is 0 Å². The number of aromatic nitrogens is 2. The quantitative estimate of drug-likeness (QED) is 0.241. The van der Waals surface area contributed by atoms with E-state index in [9.17, 15) is 25.0 Å². The van der Waals surface area contributed by atoms with E-state index in [4.69, 9.17) is 13.5 Å². The number of hydrogen-bond acceptors (Lipinski definition) is 7. The van der Waals surface area contributed by atoms with E-state index in [-0.39, 0.29) is 34.3 Å². The Morgan fingerprint density at radius 2 is 1.16 bits per heavy atom. The maximum Gasteiger partial charge on any atom is 0.305 e. The maximum absolute atomic E-state index is 13.1. The van der Waals surface area contributed by atoms with Crippen LogP contribution in [0.3, 0.4) is 0 Å². The van der Waals surface area contributed by atoms with Gasteiger partial charge in [-0.2, -0.15) is 0 Å². The van der Waals surface area contributed by atoms with Crippen molar-refractivity contribution in [3.05, 3.63) is 16.6 Å². The van der Waals surface area contributed by atoms with Crippen molar-refractivity contribution >= 4 is 28.6 Å². The fraction of sp³-hybridized carbons (Fsp3) is 0.846. The second kappa shape index (κ2) is 11.0. The van der Waals surface area contributed by atoms with Gasteiger partial charge in [0, 0.05) is 5.16 Å². The lowest BCUT2D eigenvalue weighted by Crippen LogP contribution is -2.54. The summed E-state index contributed by atoms with van der Waals surface area (Å²) in [5.41, 5.74) is -1.87. The number of aliphatic carboxylic acids is 2. The highest BCUT2D eigenvalue weighted by molar-refractivity contribution is 6.74. The Balaban J connectivity index is 3.76. The molecule has 0 saturated heterocycles. The first kappa shape index (κ1) is 34.3. The number of carboxylic acid groups (broad SMARTS) is 2. The fourth-order valence-electron chi connectivity index (χ4n) is 3.79. The second-order valence-electron chi connectivity index (χ2n) is 14.5. The molecule has 0 aliphatic rings. The number of nitrogens with zero attached hydrogens (tertiary/aromatic N) is 2. The van der Waals surface area contributed by atoms with Crippen LogP contribution in [0.1, 0.15) is 93.5 Å². The summed E-state index contributed by atoms with van der Waals surface area (Å²) in [5, 5.41) is 36.4. The molecule has 0 saturated carbocycles. The molecule has 12 heteroatoms. The van der Waals surface area contributed by atoms with Gasteiger partial charge in [-0.05, 0) is 68.9 Å². The van der Waals surface area contributed by atoms with Crippen LogP contribution < -0.4 is 4.90 Å². The Labute approximate surface area is 229 Å². The molecule has 0 spiro atoms. The average molecular weight is 575 g/mol. The molecule has 0 aliphatic heterocycles. The van der Waals surface area contributed by atoms with Crippen molar-refractivity contribution in [3.8, 4) is 0 Å². The van der Waals surface area contributed by atoms with Crippen molar-refractivity contribution in [1.82, 2.24) is 5.16 Å². The number of hydrogen-bond donors (Lipinski definition) is 2. The van der Waals surface area contributed by atoms with Crippen molar-refractivity contribution in [3.63, 3.8) is 0 Å². The van der Waals surface area contributed by atoms with Gasteiger partial charge in [0.2, 0.25) is 11.4 Å². The minimum Gasteiger partial charge on any atom is -0.481 e. The van der Waals surface area contributed by atoms with Gasteiger partial charge in [-0.3, -0.25) is 14.2 Å². The number of carboxylic acids is 2. The molecule has 0 bridgehead atoms. The van der Waals surface area contributed by atoms with E-state index in [1.165, 1.54) is 0 Å². The molecule has 0 aromatic carbocycles. The highest BCUT2D eigenvalue weighted by Gasteiger charge is 2.53. The molecule has 1 aromatic rings. The highest BCUT2D eigenvalue weighted by Crippen LogP contribution is 2.45. The Kier molecular flexibility index (Phi) is 9.93. The van der Waals surface area contributed by atoms with E-state index >= 15 is 0 Å². The van der Waals surface area contributed by atoms with Crippen LogP contribution in [0.25, 0.3) is 0 Å². The summed E-state index contributed by atoms with van der Waals surface area (Å²) < 4.78 is 18.3. The molecule has 1 heterocycles. The summed E-state index contributed by atoms with van der Waals surface area (Å²) in [4.78, 5) is 24.2. The van der Waals surface area contributed by atoms with E-state index in [1.54, 1.807) is 27.7 Å². The zero-order chi connectivity index (χ0) is 30.3. The van der Waals surface area contributed by atoms with Crippen LogP contribution in [0.4, 0.5) is 0 Å². The van der Waals surface area contributed by atoms with E-state index in [1.807, 2.05) is 26.2 Å². The summed E-state index contributed by atoms with van der Waals surface area (Å²) in [6.07, 6.45) is -2.32. The molecule has 0 amide bonds. The van der Waals surface area contributed by atoms with Gasteiger partial charge < -0.3 is 24.3 Å². The molecule has 0 fully saturated rings. The van der Waals surface area contributed by atoms with Crippen LogP contribution in [-0.4, -0.2) is 56.2 Å². The summed E-state index contributed by atoms with van der Waals surface area (Å²) in [5.74, 6) is -2.09. The molecule has 1 rings (SSSR count).